The van der Waals surface area contributed by atoms with Gasteiger partial charge >= 0.3 is 6.03 Å². The summed E-state index contributed by atoms with van der Waals surface area (Å²) in [5, 5.41) is 15.5. The SMILES string of the molecule is O=C(NCC1(O)CCC1)Nc1cccc(COCCOc2ccccc2)c1. The Bertz CT molecular complexity index is 732. The fraction of sp³-hybridized carbons (Fsp3) is 0.381. The van der Waals surface area contributed by atoms with Crippen LogP contribution in [0.4, 0.5) is 10.5 Å². The van der Waals surface area contributed by atoms with E-state index in [0.29, 0.717) is 25.5 Å². The molecule has 0 bridgehead atoms. The van der Waals surface area contributed by atoms with E-state index in [1.807, 2.05) is 54.6 Å². The van der Waals surface area contributed by atoms with Crippen molar-refractivity contribution in [2.45, 2.75) is 31.5 Å². The molecule has 0 saturated heterocycles. The second-order valence-electron chi connectivity index (χ2n) is 6.80. The Labute approximate surface area is 159 Å². The number of aliphatic hydroxyl groups is 1. The quantitative estimate of drug-likeness (QED) is 0.592. The van der Waals surface area contributed by atoms with Crippen LogP contribution in [0.15, 0.2) is 54.6 Å². The molecule has 2 amide bonds. The van der Waals surface area contributed by atoms with Crippen molar-refractivity contribution in [2.75, 3.05) is 25.1 Å². The summed E-state index contributed by atoms with van der Waals surface area (Å²) in [4.78, 5) is 12.0. The summed E-state index contributed by atoms with van der Waals surface area (Å²) in [7, 11) is 0. The molecular formula is C21H26N2O4. The first kappa shape index (κ1) is 19.2. The van der Waals surface area contributed by atoms with Crippen molar-refractivity contribution in [3.63, 3.8) is 0 Å². The monoisotopic (exact) mass is 370 g/mol. The van der Waals surface area contributed by atoms with Gasteiger partial charge in [-0.25, -0.2) is 4.79 Å². The number of carbonyl (C=O) groups excluding carboxylic acids is 1. The second kappa shape index (κ2) is 9.39. The van der Waals surface area contributed by atoms with Gasteiger partial charge in [-0.2, -0.15) is 0 Å². The zero-order valence-electron chi connectivity index (χ0n) is 15.3. The third kappa shape index (κ3) is 6.27. The molecule has 0 aliphatic heterocycles. The maximum Gasteiger partial charge on any atom is 0.319 e. The highest BCUT2D eigenvalue weighted by atomic mass is 16.5. The number of para-hydroxylation sites is 1. The van der Waals surface area contributed by atoms with Crippen molar-refractivity contribution in [2.24, 2.45) is 0 Å². The fourth-order valence-electron chi connectivity index (χ4n) is 2.85. The number of hydrogen-bond donors (Lipinski definition) is 3. The highest BCUT2D eigenvalue weighted by Gasteiger charge is 2.34. The zero-order valence-corrected chi connectivity index (χ0v) is 15.3. The molecule has 27 heavy (non-hydrogen) atoms. The van der Waals surface area contributed by atoms with Gasteiger partial charge in [-0.3, -0.25) is 0 Å². The number of hydrogen-bond acceptors (Lipinski definition) is 4. The summed E-state index contributed by atoms with van der Waals surface area (Å²) >= 11 is 0. The molecule has 1 saturated carbocycles. The van der Waals surface area contributed by atoms with Gasteiger partial charge in [-0.15, -0.1) is 0 Å². The Morgan fingerprint density at radius 3 is 2.63 bits per heavy atom. The maximum atomic E-state index is 12.0. The number of carbonyl (C=O) groups is 1. The van der Waals surface area contributed by atoms with E-state index in [0.717, 1.165) is 30.6 Å². The highest BCUT2D eigenvalue weighted by Crippen LogP contribution is 2.30. The van der Waals surface area contributed by atoms with E-state index in [1.54, 1.807) is 0 Å². The number of amides is 2. The Kier molecular flexibility index (Phi) is 6.68. The lowest BCUT2D eigenvalue weighted by molar-refractivity contribution is -0.0287. The largest absolute Gasteiger partial charge is 0.491 e. The fourth-order valence-corrected chi connectivity index (χ4v) is 2.85. The topological polar surface area (TPSA) is 79.8 Å². The summed E-state index contributed by atoms with van der Waals surface area (Å²) in [5.41, 5.74) is 0.925. The van der Waals surface area contributed by atoms with Gasteiger partial charge in [-0.05, 0) is 49.1 Å². The van der Waals surface area contributed by atoms with Crippen molar-refractivity contribution < 1.29 is 19.4 Å². The van der Waals surface area contributed by atoms with E-state index < -0.39 is 5.60 Å². The lowest BCUT2D eigenvalue weighted by Crippen LogP contribution is -2.48. The highest BCUT2D eigenvalue weighted by molar-refractivity contribution is 5.89. The first-order valence-electron chi connectivity index (χ1n) is 9.25. The molecular weight excluding hydrogens is 344 g/mol. The second-order valence-corrected chi connectivity index (χ2v) is 6.80. The minimum absolute atomic E-state index is 0.281. The smallest absolute Gasteiger partial charge is 0.319 e. The van der Waals surface area contributed by atoms with Crippen LogP contribution in [0, 0.1) is 0 Å². The number of nitrogens with one attached hydrogen (secondary N) is 2. The average molecular weight is 370 g/mol. The molecule has 6 nitrogen and oxygen atoms in total. The van der Waals surface area contributed by atoms with Gasteiger partial charge in [0, 0.05) is 12.2 Å². The molecule has 0 heterocycles. The van der Waals surface area contributed by atoms with Crippen LogP contribution >= 0.6 is 0 Å². The molecule has 3 N–H and O–H groups in total. The van der Waals surface area contributed by atoms with Crippen LogP contribution < -0.4 is 15.4 Å². The molecule has 2 aromatic carbocycles. The molecule has 6 heteroatoms. The van der Waals surface area contributed by atoms with Crippen molar-refractivity contribution >= 4 is 11.7 Å². The van der Waals surface area contributed by atoms with Crippen molar-refractivity contribution in [1.82, 2.24) is 5.32 Å². The molecule has 0 atom stereocenters. The molecule has 0 unspecified atom stereocenters. The number of urea groups is 1. The van der Waals surface area contributed by atoms with Gasteiger partial charge in [-0.1, -0.05) is 30.3 Å². The molecule has 1 fully saturated rings. The van der Waals surface area contributed by atoms with E-state index in [2.05, 4.69) is 10.6 Å². The Balaban J connectivity index is 1.36. The van der Waals surface area contributed by atoms with E-state index >= 15 is 0 Å². The summed E-state index contributed by atoms with van der Waals surface area (Å²) < 4.78 is 11.2. The molecule has 2 aromatic rings. The predicted molar refractivity (Wildman–Crippen MR) is 104 cm³/mol. The maximum absolute atomic E-state index is 12.0. The number of benzene rings is 2. The minimum Gasteiger partial charge on any atom is -0.491 e. The first-order valence-corrected chi connectivity index (χ1v) is 9.25. The Hall–Kier alpha value is -2.57. The molecule has 3 rings (SSSR count). The van der Waals surface area contributed by atoms with Crippen molar-refractivity contribution in [3.05, 3.63) is 60.2 Å². The number of rotatable bonds is 9. The van der Waals surface area contributed by atoms with E-state index in [9.17, 15) is 9.90 Å². The molecule has 0 aromatic heterocycles. The van der Waals surface area contributed by atoms with Gasteiger partial charge in [0.2, 0.25) is 0 Å². The average Bonchev–Trinajstić information content (AvgIpc) is 2.66. The van der Waals surface area contributed by atoms with Crippen molar-refractivity contribution in [3.8, 4) is 5.75 Å². The molecule has 0 radical (unpaired) electrons. The van der Waals surface area contributed by atoms with Crippen LogP contribution in [0.25, 0.3) is 0 Å². The van der Waals surface area contributed by atoms with E-state index in [4.69, 9.17) is 9.47 Å². The third-order valence-electron chi connectivity index (χ3n) is 4.56. The standard InChI is InChI=1S/C21H26N2O4/c24-20(22-16-21(25)10-5-11-21)23-18-7-4-6-17(14-18)15-26-12-13-27-19-8-2-1-3-9-19/h1-4,6-9,14,25H,5,10-13,15-16H2,(H2,22,23,24). The summed E-state index contributed by atoms with van der Waals surface area (Å²) in [6.07, 6.45) is 2.50. The van der Waals surface area contributed by atoms with Gasteiger partial charge in [0.15, 0.2) is 0 Å². The molecule has 0 spiro atoms. The Morgan fingerprint density at radius 2 is 1.89 bits per heavy atom. The van der Waals surface area contributed by atoms with Crippen LogP contribution in [0.3, 0.4) is 0 Å². The van der Waals surface area contributed by atoms with E-state index in [1.165, 1.54) is 0 Å². The zero-order chi connectivity index (χ0) is 19.0. The summed E-state index contributed by atoms with van der Waals surface area (Å²) in [5.74, 6) is 0.824. The van der Waals surface area contributed by atoms with Gasteiger partial charge in [0.25, 0.3) is 0 Å². The number of ether oxygens (including phenoxy) is 2. The van der Waals surface area contributed by atoms with Gasteiger partial charge in [0.05, 0.1) is 18.8 Å². The Morgan fingerprint density at radius 1 is 1.07 bits per heavy atom. The van der Waals surface area contributed by atoms with Crippen LogP contribution in [0.2, 0.25) is 0 Å². The normalized spacial score (nSPS) is 14.9. The molecule has 1 aliphatic carbocycles. The van der Waals surface area contributed by atoms with Crippen LogP contribution in [-0.4, -0.2) is 36.5 Å². The summed E-state index contributed by atoms with van der Waals surface area (Å²) in [6.45, 7) is 1.68. The van der Waals surface area contributed by atoms with Crippen molar-refractivity contribution in [1.29, 1.82) is 0 Å². The van der Waals surface area contributed by atoms with Crippen LogP contribution in [0.5, 0.6) is 5.75 Å². The van der Waals surface area contributed by atoms with E-state index in [-0.39, 0.29) is 12.6 Å². The molecule has 144 valence electrons. The summed E-state index contributed by atoms with van der Waals surface area (Å²) in [6, 6.07) is 16.8. The van der Waals surface area contributed by atoms with Crippen LogP contribution in [0.1, 0.15) is 24.8 Å². The lowest BCUT2D eigenvalue weighted by atomic mass is 9.80. The minimum atomic E-state index is -0.727. The van der Waals surface area contributed by atoms with Gasteiger partial charge < -0.3 is 25.2 Å². The number of anilines is 1. The van der Waals surface area contributed by atoms with Gasteiger partial charge in [0.1, 0.15) is 12.4 Å². The van der Waals surface area contributed by atoms with Crippen LogP contribution in [-0.2, 0) is 11.3 Å². The first-order chi connectivity index (χ1) is 13.1. The predicted octanol–water partition coefficient (Wildman–Crippen LogP) is 3.32. The lowest BCUT2D eigenvalue weighted by Gasteiger charge is -2.36. The third-order valence-corrected chi connectivity index (χ3v) is 4.56. The molecule has 1 aliphatic rings.